The minimum Gasteiger partial charge on any atom is -0.435 e. The summed E-state index contributed by atoms with van der Waals surface area (Å²) in [6.45, 7) is -2.71. The molecule has 0 bridgehead atoms. The molecule has 0 spiro atoms. The van der Waals surface area contributed by atoms with Gasteiger partial charge in [0.1, 0.15) is 5.76 Å². The van der Waals surface area contributed by atoms with Crippen molar-refractivity contribution in [1.29, 1.82) is 0 Å². The van der Waals surface area contributed by atoms with Gasteiger partial charge in [0.05, 0.1) is 0 Å². The van der Waals surface area contributed by atoms with Crippen LogP contribution in [0.25, 0.3) is 0 Å². The van der Waals surface area contributed by atoms with E-state index in [-0.39, 0.29) is 26.5 Å². The zero-order chi connectivity index (χ0) is 7.40. The molecule has 1 rings (SSSR count). The standard InChI is InChI=1S/C6H5F2IO/c7-6(8)10-5-1-3-9-4-2-5/h1-4,6H. The average Bonchev–Trinajstić information content (AvgIpc) is 1.88. The van der Waals surface area contributed by atoms with Gasteiger partial charge in [-0.3, -0.25) is 0 Å². The van der Waals surface area contributed by atoms with Gasteiger partial charge in [-0.05, 0) is 20.2 Å². The van der Waals surface area contributed by atoms with E-state index >= 15 is 0 Å². The molecule has 10 heavy (non-hydrogen) atoms. The largest absolute Gasteiger partial charge is 0.435 e. The van der Waals surface area contributed by atoms with Crippen LogP contribution in [-0.2, 0) is 4.74 Å². The van der Waals surface area contributed by atoms with Crippen molar-refractivity contribution in [3.63, 3.8) is 0 Å². The maximum absolute atomic E-state index is 11.5. The van der Waals surface area contributed by atoms with Crippen molar-refractivity contribution in [2.75, 3.05) is 0 Å². The molecule has 1 aliphatic rings. The molecule has 0 amide bonds. The summed E-state index contributed by atoms with van der Waals surface area (Å²) in [5.74, 6) is 0.251. The van der Waals surface area contributed by atoms with Crippen molar-refractivity contribution in [1.82, 2.24) is 0 Å². The Balaban J connectivity index is 2.50. The van der Waals surface area contributed by atoms with Crippen molar-refractivity contribution in [3.05, 3.63) is 22.0 Å². The van der Waals surface area contributed by atoms with Crippen LogP contribution in [0.2, 0.25) is 0 Å². The summed E-state index contributed by atoms with van der Waals surface area (Å²) in [4.78, 5) is 0. The normalized spacial score (nSPS) is 16.5. The number of alkyl halides is 2. The number of allylic oxidation sites excluding steroid dienone is 2. The Morgan fingerprint density at radius 3 is 2.80 bits per heavy atom. The molecule has 0 unspecified atom stereocenters. The van der Waals surface area contributed by atoms with E-state index in [1.165, 1.54) is 0 Å². The Morgan fingerprint density at radius 2 is 2.30 bits per heavy atom. The molecule has 0 aliphatic carbocycles. The fourth-order valence-electron chi connectivity index (χ4n) is 0.476. The van der Waals surface area contributed by atoms with E-state index < -0.39 is 6.61 Å². The topological polar surface area (TPSA) is 9.23 Å². The molecular formula is C6H5F2IO. The van der Waals surface area contributed by atoms with Crippen LogP contribution in [0.15, 0.2) is 22.0 Å². The lowest BCUT2D eigenvalue weighted by Gasteiger charge is -2.04. The third kappa shape index (κ3) is 2.55. The Kier molecular flexibility index (Phi) is 2.98. The van der Waals surface area contributed by atoms with Gasteiger partial charge < -0.3 is 4.74 Å². The van der Waals surface area contributed by atoms with E-state index in [2.05, 4.69) is 4.74 Å². The summed E-state index contributed by atoms with van der Waals surface area (Å²) in [7, 11) is 0. The Hall–Kier alpha value is -0.260. The highest BCUT2D eigenvalue weighted by atomic mass is 127. The van der Waals surface area contributed by atoms with E-state index in [4.69, 9.17) is 0 Å². The lowest BCUT2D eigenvalue weighted by Crippen LogP contribution is -1.97. The zero-order valence-electron chi connectivity index (χ0n) is 4.93. The molecule has 1 nitrogen and oxygen atoms in total. The summed E-state index contributed by atoms with van der Waals surface area (Å²) in [6, 6.07) is 0. The number of rotatable bonds is 2. The molecule has 0 saturated carbocycles. The number of ether oxygens (including phenoxy) is 1. The van der Waals surface area contributed by atoms with Crippen molar-refractivity contribution in [2.45, 2.75) is 6.61 Å². The van der Waals surface area contributed by atoms with Gasteiger partial charge >= 0.3 is 6.61 Å². The molecule has 0 aromatic carbocycles. The first kappa shape index (κ1) is 7.84. The van der Waals surface area contributed by atoms with E-state index in [0.29, 0.717) is 0 Å². The Bertz CT molecular complexity index is 196. The lowest BCUT2D eigenvalue weighted by atomic mass is 10.5. The second-order valence-electron chi connectivity index (χ2n) is 1.49. The molecule has 1 aliphatic heterocycles. The smallest absolute Gasteiger partial charge is 0.387 e. The SMILES string of the molecule is FC(F)OC1=CC=IC=C1. The van der Waals surface area contributed by atoms with E-state index in [0.717, 1.165) is 0 Å². The first-order valence-electron chi connectivity index (χ1n) is 2.56. The van der Waals surface area contributed by atoms with Gasteiger partial charge in [0.15, 0.2) is 0 Å². The highest BCUT2D eigenvalue weighted by Crippen LogP contribution is 2.13. The van der Waals surface area contributed by atoms with Crippen LogP contribution >= 0.6 is 20.7 Å². The molecule has 0 fully saturated rings. The van der Waals surface area contributed by atoms with E-state index in [1.807, 2.05) is 8.09 Å². The molecule has 0 atom stereocenters. The van der Waals surface area contributed by atoms with Crippen LogP contribution < -0.4 is 0 Å². The first-order chi connectivity index (χ1) is 4.79. The van der Waals surface area contributed by atoms with Gasteiger partial charge in [0, 0.05) is 0 Å². The molecule has 0 aromatic rings. The average molecular weight is 258 g/mol. The van der Waals surface area contributed by atoms with Crippen LogP contribution in [0.3, 0.4) is 0 Å². The predicted octanol–water partition coefficient (Wildman–Crippen LogP) is 2.41. The molecule has 4 heteroatoms. The summed E-state index contributed by atoms with van der Waals surface area (Å²) in [5.41, 5.74) is 0. The summed E-state index contributed by atoms with van der Waals surface area (Å²) < 4.78 is 30.9. The highest BCUT2D eigenvalue weighted by molar-refractivity contribution is 14.2. The van der Waals surface area contributed by atoms with Crippen molar-refractivity contribution < 1.29 is 13.5 Å². The van der Waals surface area contributed by atoms with Crippen LogP contribution in [-0.4, -0.2) is 10.6 Å². The third-order valence-electron chi connectivity index (χ3n) is 0.825. The monoisotopic (exact) mass is 258 g/mol. The lowest BCUT2D eigenvalue weighted by molar-refractivity contribution is -0.0918. The molecule has 56 valence electrons. The highest BCUT2D eigenvalue weighted by Gasteiger charge is 2.03. The predicted molar refractivity (Wildman–Crippen MR) is 44.4 cm³/mol. The van der Waals surface area contributed by atoms with E-state index in [9.17, 15) is 8.78 Å². The Labute approximate surface area is 67.1 Å². The Morgan fingerprint density at radius 1 is 1.50 bits per heavy atom. The van der Waals surface area contributed by atoms with Crippen molar-refractivity contribution >= 4 is 24.7 Å². The summed E-state index contributed by atoms with van der Waals surface area (Å²) >= 11 is -0.0453. The van der Waals surface area contributed by atoms with Gasteiger partial charge in [0.2, 0.25) is 0 Å². The van der Waals surface area contributed by atoms with Crippen molar-refractivity contribution in [3.8, 4) is 0 Å². The fourth-order valence-corrected chi connectivity index (χ4v) is 1.84. The third-order valence-corrected chi connectivity index (χ3v) is 2.37. The van der Waals surface area contributed by atoms with Crippen LogP contribution in [0.1, 0.15) is 0 Å². The molecule has 0 aromatic heterocycles. The van der Waals surface area contributed by atoms with Crippen LogP contribution in [0.4, 0.5) is 8.78 Å². The number of halogens is 3. The van der Waals surface area contributed by atoms with Gasteiger partial charge in [-0.15, -0.1) is 0 Å². The zero-order valence-corrected chi connectivity index (χ0v) is 7.09. The summed E-state index contributed by atoms with van der Waals surface area (Å²) in [6.07, 6.45) is 3.17. The quantitative estimate of drug-likeness (QED) is 0.691. The molecule has 0 saturated heterocycles. The molecule has 0 N–H and O–H groups in total. The minimum absolute atomic E-state index is 0.0453. The molecule has 1 heterocycles. The summed E-state index contributed by atoms with van der Waals surface area (Å²) in [5, 5.41) is 0. The maximum Gasteiger partial charge on any atom is 0.387 e. The van der Waals surface area contributed by atoms with Gasteiger partial charge in [0.25, 0.3) is 0 Å². The van der Waals surface area contributed by atoms with E-state index in [1.54, 1.807) is 12.2 Å². The number of hydrogen-bond acceptors (Lipinski definition) is 1. The van der Waals surface area contributed by atoms with Gasteiger partial charge in [-0.1, -0.05) is 20.7 Å². The van der Waals surface area contributed by atoms with Gasteiger partial charge in [-0.25, -0.2) is 0 Å². The van der Waals surface area contributed by atoms with Gasteiger partial charge in [-0.2, -0.15) is 8.78 Å². The minimum atomic E-state index is -2.71. The van der Waals surface area contributed by atoms with Crippen LogP contribution in [0.5, 0.6) is 0 Å². The molecule has 0 radical (unpaired) electrons. The fraction of sp³-hybridized carbons (Fsp3) is 0.167. The van der Waals surface area contributed by atoms with Crippen LogP contribution in [0, 0.1) is 0 Å². The second kappa shape index (κ2) is 3.80. The first-order valence-corrected chi connectivity index (χ1v) is 5.05. The molecular weight excluding hydrogens is 253 g/mol. The second-order valence-corrected chi connectivity index (χ2v) is 3.65. The maximum atomic E-state index is 11.5. The van der Waals surface area contributed by atoms with Crippen molar-refractivity contribution in [2.24, 2.45) is 0 Å². The number of hydrogen-bond donors (Lipinski definition) is 0.